The van der Waals surface area contributed by atoms with E-state index in [1.807, 2.05) is 0 Å². The first-order chi connectivity index (χ1) is 8.61. The van der Waals surface area contributed by atoms with Crippen LogP contribution in [-0.4, -0.2) is 44.1 Å². The first kappa shape index (κ1) is 32.6. The predicted octanol–water partition coefficient (Wildman–Crippen LogP) is -0.532. The number of carboxylic acids is 2. The van der Waals surface area contributed by atoms with Crippen LogP contribution in [-0.2, 0) is 17.1 Å². The van der Waals surface area contributed by atoms with Crippen LogP contribution >= 0.6 is 0 Å². The van der Waals surface area contributed by atoms with E-state index in [1.165, 1.54) is 0 Å². The van der Waals surface area contributed by atoms with Crippen LogP contribution in [0.5, 0.6) is 0 Å². The molecule has 0 bridgehead atoms. The molecule has 131 valence electrons. The maximum Gasteiger partial charge on any atom is 0.335 e. The molecule has 0 atom stereocenters. The molecule has 0 aliphatic rings. The Morgan fingerprint density at radius 3 is 0.913 bits per heavy atom. The van der Waals surface area contributed by atoms with Gasteiger partial charge in [0.1, 0.15) is 0 Å². The Morgan fingerprint density at radius 2 is 0.783 bits per heavy atom. The van der Waals surface area contributed by atoms with Crippen molar-refractivity contribution < 1.29 is 58.8 Å². The van der Waals surface area contributed by atoms with Gasteiger partial charge in [-0.1, -0.05) is 36.4 Å². The molecule has 0 fully saturated rings. The molecule has 8 nitrogen and oxygen atoms in total. The molecule has 0 aromatic heterocycles. The number of hydrogen-bond donors (Lipinski definition) is 2. The summed E-state index contributed by atoms with van der Waals surface area (Å²) in [6.07, 6.45) is 0. The van der Waals surface area contributed by atoms with Gasteiger partial charge in [-0.2, -0.15) is 0 Å². The summed E-state index contributed by atoms with van der Waals surface area (Å²) in [5.41, 5.74) is 0.662. The third-order valence-electron chi connectivity index (χ3n) is 2.04. The number of aromatic carboxylic acids is 2. The monoisotopic (exact) mass is 371 g/mol. The van der Waals surface area contributed by atoms with Crippen LogP contribution < -0.4 is 0 Å². The third-order valence-corrected chi connectivity index (χ3v) is 2.04. The summed E-state index contributed by atoms with van der Waals surface area (Å²) in [6.45, 7) is 0. The Hall–Kier alpha value is -2.26. The average molecular weight is 371 g/mol. The van der Waals surface area contributed by atoms with Gasteiger partial charge in [0, 0.05) is 17.1 Å². The molecule has 0 spiro atoms. The van der Waals surface area contributed by atoms with Crippen molar-refractivity contribution in [3.63, 3.8) is 0 Å². The van der Waals surface area contributed by atoms with Gasteiger partial charge >= 0.3 is 11.9 Å². The molecular formula is C14H20MnO8. The number of hydrogen-bond acceptors (Lipinski definition) is 2. The fourth-order valence-corrected chi connectivity index (χ4v) is 1.16. The summed E-state index contributed by atoms with van der Waals surface area (Å²) in [5, 5.41) is 16.8. The van der Waals surface area contributed by atoms with Crippen molar-refractivity contribution in [3.8, 4) is 0 Å². The van der Waals surface area contributed by atoms with Crippen LogP contribution in [0.2, 0.25) is 0 Å². The minimum absolute atomic E-state index is 0. The van der Waals surface area contributed by atoms with E-state index < -0.39 is 11.9 Å². The van der Waals surface area contributed by atoms with E-state index >= 15 is 0 Å². The second-order valence-corrected chi connectivity index (χ2v) is 3.34. The van der Waals surface area contributed by atoms with E-state index in [-0.39, 0.29) is 39.0 Å². The molecule has 2 aromatic carbocycles. The van der Waals surface area contributed by atoms with Crippen LogP contribution in [0.4, 0.5) is 0 Å². The minimum Gasteiger partial charge on any atom is -0.478 e. The molecule has 1 radical (unpaired) electrons. The third kappa shape index (κ3) is 13.1. The summed E-state index contributed by atoms with van der Waals surface area (Å²) in [7, 11) is 0. The Bertz CT molecular complexity index is 469. The number of carbonyl (C=O) groups is 2. The SMILES string of the molecule is O.O.O.O.O=C(O)c1ccccc1.O=C(O)c1ccccc1.[Mn]. The number of carboxylic acid groups (broad SMARTS) is 2. The molecule has 0 unspecified atom stereocenters. The van der Waals surface area contributed by atoms with Gasteiger partial charge in [0.2, 0.25) is 0 Å². The van der Waals surface area contributed by atoms with Gasteiger partial charge in [-0.15, -0.1) is 0 Å². The van der Waals surface area contributed by atoms with Gasteiger partial charge in [0.05, 0.1) is 11.1 Å². The van der Waals surface area contributed by atoms with Gasteiger partial charge in [0.25, 0.3) is 0 Å². The summed E-state index contributed by atoms with van der Waals surface area (Å²) in [4.78, 5) is 20.4. The van der Waals surface area contributed by atoms with E-state index in [0.29, 0.717) is 11.1 Å². The first-order valence-corrected chi connectivity index (χ1v) is 5.18. The maximum absolute atomic E-state index is 10.2. The van der Waals surface area contributed by atoms with Crippen molar-refractivity contribution in [2.24, 2.45) is 0 Å². The average Bonchev–Trinajstić information content (AvgIpc) is 2.41. The molecule has 10 N–H and O–H groups in total. The number of benzene rings is 2. The van der Waals surface area contributed by atoms with Crippen molar-refractivity contribution in [2.75, 3.05) is 0 Å². The zero-order valence-electron chi connectivity index (χ0n) is 11.9. The van der Waals surface area contributed by atoms with Crippen LogP contribution in [0.3, 0.4) is 0 Å². The molecule has 0 saturated carbocycles. The van der Waals surface area contributed by atoms with E-state index in [4.69, 9.17) is 10.2 Å². The van der Waals surface area contributed by atoms with Crippen LogP contribution in [0.1, 0.15) is 20.7 Å². The molecular weight excluding hydrogens is 351 g/mol. The molecule has 2 rings (SSSR count). The Kier molecular flexibility index (Phi) is 25.2. The normalized spacial score (nSPS) is 6.96. The second kappa shape index (κ2) is 17.8. The maximum atomic E-state index is 10.2. The van der Waals surface area contributed by atoms with Gasteiger partial charge in [-0.3, -0.25) is 0 Å². The van der Waals surface area contributed by atoms with E-state index in [2.05, 4.69) is 0 Å². The fourth-order valence-electron chi connectivity index (χ4n) is 1.16. The summed E-state index contributed by atoms with van der Waals surface area (Å²) in [5.74, 6) is -1.76. The van der Waals surface area contributed by atoms with E-state index in [1.54, 1.807) is 60.7 Å². The largest absolute Gasteiger partial charge is 0.478 e. The van der Waals surface area contributed by atoms with E-state index in [0.717, 1.165) is 0 Å². The summed E-state index contributed by atoms with van der Waals surface area (Å²) in [6, 6.07) is 16.6. The van der Waals surface area contributed by atoms with Crippen LogP contribution in [0.25, 0.3) is 0 Å². The van der Waals surface area contributed by atoms with Crippen molar-refractivity contribution in [1.82, 2.24) is 0 Å². The van der Waals surface area contributed by atoms with Crippen molar-refractivity contribution in [1.29, 1.82) is 0 Å². The minimum atomic E-state index is -0.879. The molecule has 0 aliphatic carbocycles. The Morgan fingerprint density at radius 1 is 0.565 bits per heavy atom. The number of rotatable bonds is 2. The quantitative estimate of drug-likeness (QED) is 0.668. The zero-order valence-corrected chi connectivity index (χ0v) is 13.0. The molecule has 9 heteroatoms. The van der Waals surface area contributed by atoms with Crippen molar-refractivity contribution in [2.45, 2.75) is 0 Å². The molecule has 0 aliphatic heterocycles. The van der Waals surface area contributed by atoms with E-state index in [9.17, 15) is 9.59 Å². The first-order valence-electron chi connectivity index (χ1n) is 5.18. The zero-order chi connectivity index (χ0) is 13.4. The van der Waals surface area contributed by atoms with Gasteiger partial charge in [0.15, 0.2) is 0 Å². The Labute approximate surface area is 143 Å². The molecule has 0 saturated heterocycles. The molecule has 0 amide bonds. The van der Waals surface area contributed by atoms with Crippen molar-refractivity contribution in [3.05, 3.63) is 71.8 Å². The van der Waals surface area contributed by atoms with Crippen LogP contribution in [0, 0.1) is 0 Å². The topological polar surface area (TPSA) is 201 Å². The van der Waals surface area contributed by atoms with Gasteiger partial charge in [-0.05, 0) is 24.3 Å². The summed E-state index contributed by atoms with van der Waals surface area (Å²) < 4.78 is 0. The summed E-state index contributed by atoms with van der Waals surface area (Å²) >= 11 is 0. The molecule has 0 heterocycles. The molecule has 2 aromatic rings. The molecule has 23 heavy (non-hydrogen) atoms. The van der Waals surface area contributed by atoms with Gasteiger partial charge in [-0.25, -0.2) is 9.59 Å². The predicted molar refractivity (Wildman–Crippen MR) is 81.3 cm³/mol. The second-order valence-electron chi connectivity index (χ2n) is 3.34. The van der Waals surface area contributed by atoms with Gasteiger partial charge < -0.3 is 32.1 Å². The van der Waals surface area contributed by atoms with Crippen LogP contribution in [0.15, 0.2) is 60.7 Å². The Balaban J connectivity index is -0.0000000771. The smallest absolute Gasteiger partial charge is 0.335 e. The van der Waals surface area contributed by atoms with Crippen molar-refractivity contribution >= 4 is 11.9 Å². The standard InChI is InChI=1S/2C7H6O2.Mn.4H2O/c2*8-7(9)6-4-2-1-3-5-6;;;;;/h2*1-5H,(H,8,9);;4*1H2. The fraction of sp³-hybridized carbons (Fsp3) is 0.